The average Bonchev–Trinajstić information content (AvgIpc) is 2.29. The minimum Gasteiger partial charge on any atom is -0.391 e. The molecule has 1 saturated heterocycles. The lowest BCUT2D eigenvalue weighted by Crippen LogP contribution is -2.47. The van der Waals surface area contributed by atoms with Gasteiger partial charge in [0.1, 0.15) is 9.84 Å². The first-order chi connectivity index (χ1) is 7.96. The van der Waals surface area contributed by atoms with Gasteiger partial charge in [0.05, 0.1) is 11.9 Å². The third-order valence-corrected chi connectivity index (χ3v) is 6.12. The molecule has 0 radical (unpaired) electrons. The van der Waals surface area contributed by atoms with Crippen molar-refractivity contribution in [1.82, 2.24) is 4.90 Å². The van der Waals surface area contributed by atoms with Gasteiger partial charge in [-0.2, -0.15) is 11.8 Å². The van der Waals surface area contributed by atoms with Crippen LogP contribution in [0.5, 0.6) is 0 Å². The van der Waals surface area contributed by atoms with Crippen LogP contribution in [0, 0.1) is 0 Å². The summed E-state index contributed by atoms with van der Waals surface area (Å²) in [5, 5.41) is 10.1. The molecule has 0 saturated carbocycles. The van der Waals surface area contributed by atoms with Crippen LogP contribution in [-0.4, -0.2) is 67.2 Å². The maximum Gasteiger partial charge on any atom is 0.150 e. The fourth-order valence-electron chi connectivity index (χ4n) is 1.96. The van der Waals surface area contributed by atoms with Gasteiger partial charge in [0.2, 0.25) is 0 Å². The van der Waals surface area contributed by atoms with Crippen molar-refractivity contribution in [3.8, 4) is 0 Å². The number of sulfone groups is 1. The smallest absolute Gasteiger partial charge is 0.150 e. The highest BCUT2D eigenvalue weighted by Gasteiger charge is 2.26. The lowest BCUT2D eigenvalue weighted by molar-refractivity contribution is 0.0691. The molecule has 2 unspecified atom stereocenters. The molecule has 0 aliphatic carbocycles. The quantitative estimate of drug-likeness (QED) is 0.773. The Hall–Kier alpha value is 0.220. The second-order valence-corrected chi connectivity index (χ2v) is 8.19. The maximum atomic E-state index is 11.3. The van der Waals surface area contributed by atoms with E-state index in [1.54, 1.807) is 6.92 Å². The number of nitrogens with zero attached hydrogens (tertiary/aromatic N) is 1. The van der Waals surface area contributed by atoms with E-state index >= 15 is 0 Å². The van der Waals surface area contributed by atoms with Crippen molar-refractivity contribution in [3.05, 3.63) is 0 Å². The fraction of sp³-hybridized carbons (Fsp3) is 1.00. The number of hydrogen-bond acceptors (Lipinski definition) is 5. The van der Waals surface area contributed by atoms with Crippen molar-refractivity contribution in [2.45, 2.75) is 31.9 Å². The summed E-state index contributed by atoms with van der Waals surface area (Å²) in [6, 6.07) is 0.179. The predicted molar refractivity (Wildman–Crippen MR) is 73.3 cm³/mol. The molecule has 0 bridgehead atoms. The van der Waals surface area contributed by atoms with Crippen LogP contribution in [0.25, 0.3) is 0 Å². The Bertz CT molecular complexity index is 319. The molecule has 0 aromatic heterocycles. The van der Waals surface area contributed by atoms with Gasteiger partial charge in [0.15, 0.2) is 0 Å². The minimum atomic E-state index is -2.89. The van der Waals surface area contributed by atoms with Gasteiger partial charge in [-0.25, -0.2) is 8.42 Å². The van der Waals surface area contributed by atoms with Crippen LogP contribution in [0.4, 0.5) is 0 Å². The van der Waals surface area contributed by atoms with E-state index in [1.165, 1.54) is 0 Å². The van der Waals surface area contributed by atoms with Gasteiger partial charge in [-0.1, -0.05) is 6.92 Å². The third-order valence-electron chi connectivity index (χ3n) is 3.28. The Morgan fingerprint density at radius 2 is 2.24 bits per heavy atom. The SMILES string of the molecule is CCS(=O)(=O)CCCC(O)C1CSCCN1C. The lowest BCUT2D eigenvalue weighted by Gasteiger charge is -2.35. The van der Waals surface area contributed by atoms with Crippen molar-refractivity contribution >= 4 is 21.6 Å². The zero-order valence-electron chi connectivity index (χ0n) is 10.6. The number of aliphatic hydroxyl groups excluding tert-OH is 1. The van der Waals surface area contributed by atoms with Crippen LogP contribution in [0.2, 0.25) is 0 Å². The largest absolute Gasteiger partial charge is 0.391 e. The molecule has 0 aromatic carbocycles. The Balaban J connectivity index is 2.31. The standard InChI is InChI=1S/C11H23NO3S2/c1-3-17(14,15)8-4-5-11(13)10-9-16-7-6-12(10)2/h10-11,13H,3-9H2,1-2H3. The highest BCUT2D eigenvalue weighted by molar-refractivity contribution is 7.99. The van der Waals surface area contributed by atoms with Gasteiger partial charge < -0.3 is 5.11 Å². The molecular weight excluding hydrogens is 258 g/mol. The summed E-state index contributed by atoms with van der Waals surface area (Å²) in [5.74, 6) is 2.45. The van der Waals surface area contributed by atoms with Crippen LogP contribution in [0.15, 0.2) is 0 Å². The van der Waals surface area contributed by atoms with E-state index in [0.29, 0.717) is 12.8 Å². The maximum absolute atomic E-state index is 11.3. The summed E-state index contributed by atoms with van der Waals surface area (Å²) in [7, 11) is -0.865. The monoisotopic (exact) mass is 281 g/mol. The average molecular weight is 281 g/mol. The molecule has 1 rings (SSSR count). The molecule has 6 heteroatoms. The van der Waals surface area contributed by atoms with Gasteiger partial charge >= 0.3 is 0 Å². The lowest BCUT2D eigenvalue weighted by atomic mass is 10.1. The van der Waals surface area contributed by atoms with Crippen molar-refractivity contribution in [2.75, 3.05) is 36.6 Å². The second-order valence-electron chi connectivity index (χ2n) is 4.57. The molecule has 1 aliphatic rings. The molecule has 1 heterocycles. The molecule has 1 aliphatic heterocycles. The zero-order valence-corrected chi connectivity index (χ0v) is 12.3. The van der Waals surface area contributed by atoms with Crippen LogP contribution in [0.1, 0.15) is 19.8 Å². The summed E-state index contributed by atoms with van der Waals surface area (Å²) in [6.45, 7) is 2.66. The summed E-state index contributed by atoms with van der Waals surface area (Å²) < 4.78 is 22.7. The Labute approximate surface area is 109 Å². The first-order valence-corrected chi connectivity index (χ1v) is 9.10. The van der Waals surface area contributed by atoms with Gasteiger partial charge in [0, 0.05) is 29.8 Å². The molecule has 1 fully saturated rings. The summed E-state index contributed by atoms with van der Waals surface area (Å²) >= 11 is 1.86. The highest BCUT2D eigenvalue weighted by Crippen LogP contribution is 2.19. The van der Waals surface area contributed by atoms with Gasteiger partial charge in [-0.05, 0) is 19.9 Å². The van der Waals surface area contributed by atoms with E-state index in [-0.39, 0.29) is 17.5 Å². The summed E-state index contributed by atoms with van der Waals surface area (Å²) in [5.41, 5.74) is 0. The van der Waals surface area contributed by atoms with Crippen LogP contribution in [-0.2, 0) is 9.84 Å². The van der Waals surface area contributed by atoms with Crippen molar-refractivity contribution in [1.29, 1.82) is 0 Å². The highest BCUT2D eigenvalue weighted by atomic mass is 32.2. The number of aliphatic hydroxyl groups is 1. The van der Waals surface area contributed by atoms with E-state index in [9.17, 15) is 13.5 Å². The van der Waals surface area contributed by atoms with Crippen molar-refractivity contribution in [2.24, 2.45) is 0 Å². The third kappa shape index (κ3) is 5.16. The fourth-order valence-corrected chi connectivity index (χ4v) is 4.16. The van der Waals surface area contributed by atoms with Gasteiger partial charge in [0.25, 0.3) is 0 Å². The molecule has 0 amide bonds. The molecule has 1 N–H and O–H groups in total. The Morgan fingerprint density at radius 1 is 1.53 bits per heavy atom. The second kappa shape index (κ2) is 6.97. The number of rotatable bonds is 6. The molecule has 4 nitrogen and oxygen atoms in total. The number of hydrogen-bond donors (Lipinski definition) is 1. The van der Waals surface area contributed by atoms with Crippen LogP contribution in [0.3, 0.4) is 0 Å². The zero-order chi connectivity index (χ0) is 12.9. The Morgan fingerprint density at radius 3 is 2.82 bits per heavy atom. The van der Waals surface area contributed by atoms with Gasteiger partial charge in [-0.15, -0.1) is 0 Å². The normalized spacial score (nSPS) is 24.8. The van der Waals surface area contributed by atoms with Crippen LogP contribution < -0.4 is 0 Å². The Kier molecular flexibility index (Phi) is 6.26. The van der Waals surface area contributed by atoms with E-state index in [1.807, 2.05) is 18.8 Å². The molecule has 17 heavy (non-hydrogen) atoms. The topological polar surface area (TPSA) is 57.6 Å². The summed E-state index contributed by atoms with van der Waals surface area (Å²) in [4.78, 5) is 2.18. The number of likely N-dealkylation sites (N-methyl/N-ethyl adjacent to an activating group) is 1. The van der Waals surface area contributed by atoms with Gasteiger partial charge in [-0.3, -0.25) is 4.90 Å². The van der Waals surface area contributed by atoms with E-state index in [4.69, 9.17) is 0 Å². The van der Waals surface area contributed by atoms with E-state index < -0.39 is 15.9 Å². The molecule has 0 aromatic rings. The molecular formula is C11H23NO3S2. The minimum absolute atomic E-state index is 0.179. The van der Waals surface area contributed by atoms with Crippen molar-refractivity contribution in [3.63, 3.8) is 0 Å². The molecule has 102 valence electrons. The van der Waals surface area contributed by atoms with E-state index in [0.717, 1.165) is 18.1 Å². The summed E-state index contributed by atoms with van der Waals surface area (Å²) in [6.07, 6.45) is 0.737. The molecule has 0 spiro atoms. The first-order valence-electron chi connectivity index (χ1n) is 6.12. The van der Waals surface area contributed by atoms with E-state index in [2.05, 4.69) is 4.90 Å². The number of thioether (sulfide) groups is 1. The van der Waals surface area contributed by atoms with Crippen molar-refractivity contribution < 1.29 is 13.5 Å². The molecule has 2 atom stereocenters. The first kappa shape index (κ1) is 15.3. The van der Waals surface area contributed by atoms with Crippen LogP contribution >= 0.6 is 11.8 Å². The predicted octanol–water partition coefficient (Wildman–Crippen LogP) is 0.609.